The number of nitrogens with zero attached hydrogens (tertiary/aromatic N) is 5. The average Bonchev–Trinajstić information content (AvgIpc) is 3.14. The van der Waals surface area contributed by atoms with Crippen molar-refractivity contribution < 1.29 is 13.2 Å². The van der Waals surface area contributed by atoms with E-state index in [1.807, 2.05) is 29.1 Å². The normalized spacial score (nSPS) is 16.7. The number of amides is 1. The summed E-state index contributed by atoms with van der Waals surface area (Å²) < 4.78 is 28.0. The second-order valence-corrected chi connectivity index (χ2v) is 7.53. The third-order valence-electron chi connectivity index (χ3n) is 3.98. The van der Waals surface area contributed by atoms with E-state index in [9.17, 15) is 13.2 Å². The molecular formula is C14H19N5O3S. The molecule has 124 valence electrons. The van der Waals surface area contributed by atoms with Crippen LogP contribution in [0.1, 0.15) is 10.4 Å². The van der Waals surface area contributed by atoms with Crippen LogP contribution in [-0.4, -0.2) is 70.3 Å². The number of sulfonamides is 1. The summed E-state index contributed by atoms with van der Waals surface area (Å²) in [5.41, 5.74) is 0.511. The highest BCUT2D eigenvalue weighted by molar-refractivity contribution is 7.88. The zero-order chi connectivity index (χ0) is 16.6. The van der Waals surface area contributed by atoms with E-state index in [2.05, 4.69) is 5.10 Å². The largest absolute Gasteiger partial charge is 0.336 e. The van der Waals surface area contributed by atoms with E-state index in [0.29, 0.717) is 37.6 Å². The van der Waals surface area contributed by atoms with Gasteiger partial charge in [0.05, 0.1) is 12.5 Å². The van der Waals surface area contributed by atoms with Crippen LogP contribution < -0.4 is 0 Å². The minimum absolute atomic E-state index is 0.130. The predicted octanol–water partition coefficient (Wildman–Crippen LogP) is -0.0718. The van der Waals surface area contributed by atoms with Gasteiger partial charge in [0, 0.05) is 45.6 Å². The molecule has 0 radical (unpaired) electrons. The second kappa shape index (κ2) is 5.82. The van der Waals surface area contributed by atoms with Crippen molar-refractivity contribution in [3.8, 4) is 5.82 Å². The maximum absolute atomic E-state index is 12.8. The summed E-state index contributed by atoms with van der Waals surface area (Å²) in [7, 11) is -1.42. The zero-order valence-corrected chi connectivity index (χ0v) is 13.9. The van der Waals surface area contributed by atoms with Gasteiger partial charge in [0.25, 0.3) is 5.91 Å². The molecule has 0 atom stereocenters. The molecule has 0 aliphatic carbocycles. The summed E-state index contributed by atoms with van der Waals surface area (Å²) in [5, 5.41) is 4.18. The molecule has 1 fully saturated rings. The molecular weight excluding hydrogens is 318 g/mol. The molecule has 0 spiro atoms. The van der Waals surface area contributed by atoms with Gasteiger partial charge in [-0.25, -0.2) is 8.42 Å². The van der Waals surface area contributed by atoms with Crippen LogP contribution in [0.3, 0.4) is 0 Å². The fraction of sp³-hybridized carbons (Fsp3) is 0.429. The monoisotopic (exact) mass is 337 g/mol. The van der Waals surface area contributed by atoms with Crippen molar-refractivity contribution in [2.24, 2.45) is 7.05 Å². The van der Waals surface area contributed by atoms with Crippen LogP contribution in [0.25, 0.3) is 5.82 Å². The predicted molar refractivity (Wildman–Crippen MR) is 84.9 cm³/mol. The molecule has 2 aromatic rings. The van der Waals surface area contributed by atoms with Crippen LogP contribution in [0.5, 0.6) is 0 Å². The van der Waals surface area contributed by atoms with E-state index >= 15 is 0 Å². The average molecular weight is 337 g/mol. The van der Waals surface area contributed by atoms with Crippen LogP contribution in [0.2, 0.25) is 0 Å². The third kappa shape index (κ3) is 3.02. The van der Waals surface area contributed by atoms with Crippen molar-refractivity contribution in [1.82, 2.24) is 23.6 Å². The summed E-state index contributed by atoms with van der Waals surface area (Å²) in [6, 6.07) is 3.76. The summed E-state index contributed by atoms with van der Waals surface area (Å²) in [6.07, 6.45) is 6.46. The Morgan fingerprint density at radius 2 is 1.74 bits per heavy atom. The van der Waals surface area contributed by atoms with E-state index in [1.54, 1.807) is 22.8 Å². The standard InChI is InChI=1S/C14H19N5O3S/c1-16-13(17-5-3-4-6-17)12(11-15-16)14(20)18-7-9-19(10-8-18)23(2,21)22/h3-6,11H,7-10H2,1-2H3. The number of carbonyl (C=O) groups is 1. The fourth-order valence-corrected chi connectivity index (χ4v) is 3.58. The SMILES string of the molecule is Cn1ncc(C(=O)N2CCN(S(C)(=O)=O)CC2)c1-n1cccc1. The molecule has 0 bridgehead atoms. The number of hydrogen-bond acceptors (Lipinski definition) is 4. The van der Waals surface area contributed by atoms with Crippen LogP contribution in [0, 0.1) is 0 Å². The molecule has 2 aromatic heterocycles. The molecule has 1 saturated heterocycles. The number of hydrogen-bond donors (Lipinski definition) is 0. The highest BCUT2D eigenvalue weighted by Crippen LogP contribution is 2.17. The summed E-state index contributed by atoms with van der Waals surface area (Å²) >= 11 is 0. The van der Waals surface area contributed by atoms with Gasteiger partial charge in [0.15, 0.2) is 0 Å². The first-order chi connectivity index (χ1) is 10.9. The molecule has 8 nitrogen and oxygen atoms in total. The van der Waals surface area contributed by atoms with Crippen LogP contribution in [0.15, 0.2) is 30.7 Å². The molecule has 23 heavy (non-hydrogen) atoms. The lowest BCUT2D eigenvalue weighted by Crippen LogP contribution is -2.50. The molecule has 0 saturated carbocycles. The Hall–Kier alpha value is -2.13. The lowest BCUT2D eigenvalue weighted by Gasteiger charge is -2.33. The maximum atomic E-state index is 12.8. The Bertz CT molecular complexity index is 802. The molecule has 1 aliphatic rings. The summed E-state index contributed by atoms with van der Waals surface area (Å²) in [5.74, 6) is 0.570. The molecule has 0 unspecified atom stereocenters. The van der Waals surface area contributed by atoms with Crippen molar-refractivity contribution in [2.45, 2.75) is 0 Å². The highest BCUT2D eigenvalue weighted by Gasteiger charge is 2.29. The second-order valence-electron chi connectivity index (χ2n) is 5.55. The first-order valence-electron chi connectivity index (χ1n) is 7.27. The van der Waals surface area contributed by atoms with Crippen LogP contribution in [0.4, 0.5) is 0 Å². The van der Waals surface area contributed by atoms with Crippen LogP contribution in [-0.2, 0) is 17.1 Å². The van der Waals surface area contributed by atoms with Crippen molar-refractivity contribution in [3.63, 3.8) is 0 Å². The van der Waals surface area contributed by atoms with Gasteiger partial charge in [-0.3, -0.25) is 9.48 Å². The van der Waals surface area contributed by atoms with Crippen molar-refractivity contribution in [1.29, 1.82) is 0 Å². The Morgan fingerprint density at radius 3 is 2.30 bits per heavy atom. The topological polar surface area (TPSA) is 80.4 Å². The molecule has 3 heterocycles. The van der Waals surface area contributed by atoms with E-state index in [-0.39, 0.29) is 5.91 Å². The zero-order valence-electron chi connectivity index (χ0n) is 13.1. The quantitative estimate of drug-likeness (QED) is 0.785. The van der Waals surface area contributed by atoms with Gasteiger partial charge in [-0.2, -0.15) is 9.40 Å². The van der Waals surface area contributed by atoms with Crippen molar-refractivity contribution >= 4 is 15.9 Å². The smallest absolute Gasteiger partial charge is 0.259 e. The van der Waals surface area contributed by atoms with Gasteiger partial charge >= 0.3 is 0 Å². The van der Waals surface area contributed by atoms with Gasteiger partial charge in [-0.15, -0.1) is 0 Å². The van der Waals surface area contributed by atoms with Crippen molar-refractivity contribution in [3.05, 3.63) is 36.3 Å². The lowest BCUT2D eigenvalue weighted by atomic mass is 10.2. The first-order valence-corrected chi connectivity index (χ1v) is 9.12. The fourth-order valence-electron chi connectivity index (χ4n) is 2.76. The van der Waals surface area contributed by atoms with Gasteiger partial charge < -0.3 is 9.47 Å². The van der Waals surface area contributed by atoms with Crippen LogP contribution >= 0.6 is 0 Å². The first kappa shape index (κ1) is 15.8. The van der Waals surface area contributed by atoms with Gasteiger partial charge in [-0.1, -0.05) is 0 Å². The van der Waals surface area contributed by atoms with Gasteiger partial charge in [0.1, 0.15) is 11.4 Å². The Kier molecular flexibility index (Phi) is 3.99. The molecule has 1 aliphatic heterocycles. The molecule has 9 heteroatoms. The summed E-state index contributed by atoms with van der Waals surface area (Å²) in [4.78, 5) is 14.4. The number of carbonyl (C=O) groups excluding carboxylic acids is 1. The lowest BCUT2D eigenvalue weighted by molar-refractivity contribution is 0.0698. The number of piperazine rings is 1. The minimum atomic E-state index is -3.20. The molecule has 0 aromatic carbocycles. The van der Waals surface area contributed by atoms with E-state index in [0.717, 1.165) is 0 Å². The van der Waals surface area contributed by atoms with E-state index in [1.165, 1.54) is 10.6 Å². The maximum Gasteiger partial charge on any atom is 0.259 e. The Morgan fingerprint density at radius 1 is 1.13 bits per heavy atom. The van der Waals surface area contributed by atoms with E-state index in [4.69, 9.17) is 0 Å². The van der Waals surface area contributed by atoms with E-state index < -0.39 is 10.0 Å². The highest BCUT2D eigenvalue weighted by atomic mass is 32.2. The molecule has 0 N–H and O–H groups in total. The Labute approximate surface area is 135 Å². The number of rotatable bonds is 3. The number of aromatic nitrogens is 3. The molecule has 1 amide bonds. The minimum Gasteiger partial charge on any atom is -0.336 e. The third-order valence-corrected chi connectivity index (χ3v) is 5.28. The summed E-state index contributed by atoms with van der Waals surface area (Å²) in [6.45, 7) is 1.41. The Balaban J connectivity index is 1.81. The van der Waals surface area contributed by atoms with Gasteiger partial charge in [-0.05, 0) is 12.1 Å². The van der Waals surface area contributed by atoms with Gasteiger partial charge in [0.2, 0.25) is 10.0 Å². The number of aryl methyl sites for hydroxylation is 1. The molecule has 3 rings (SSSR count). The van der Waals surface area contributed by atoms with Crippen molar-refractivity contribution in [2.75, 3.05) is 32.4 Å².